The number of benzene rings is 2. The van der Waals surface area contributed by atoms with Gasteiger partial charge in [0.1, 0.15) is 11.3 Å². The monoisotopic (exact) mass is 409 g/mol. The lowest BCUT2D eigenvalue weighted by Crippen LogP contribution is -2.46. The Balaban J connectivity index is 1.47. The molecule has 0 amide bonds. The summed E-state index contributed by atoms with van der Waals surface area (Å²) in [6.07, 6.45) is 0. The normalized spacial score (nSPS) is 14.8. The van der Waals surface area contributed by atoms with Crippen molar-refractivity contribution in [1.29, 1.82) is 0 Å². The predicted molar refractivity (Wildman–Crippen MR) is 114 cm³/mol. The van der Waals surface area contributed by atoms with E-state index in [1.165, 1.54) is 12.1 Å². The molecule has 0 N–H and O–H groups in total. The Morgan fingerprint density at radius 2 is 1.80 bits per heavy atom. The van der Waals surface area contributed by atoms with Crippen molar-refractivity contribution in [2.24, 2.45) is 0 Å². The van der Waals surface area contributed by atoms with Gasteiger partial charge < -0.3 is 14.1 Å². The van der Waals surface area contributed by atoms with Gasteiger partial charge in [0.15, 0.2) is 0 Å². The van der Waals surface area contributed by atoms with Gasteiger partial charge in [0.25, 0.3) is 5.69 Å². The van der Waals surface area contributed by atoms with Gasteiger partial charge in [-0.05, 0) is 42.8 Å². The van der Waals surface area contributed by atoms with Crippen molar-refractivity contribution in [3.8, 4) is 5.75 Å². The lowest BCUT2D eigenvalue weighted by atomic mass is 10.1. The fourth-order valence-corrected chi connectivity index (χ4v) is 3.78. The highest BCUT2D eigenvalue weighted by atomic mass is 16.6. The third kappa shape index (κ3) is 4.28. The molecule has 1 aliphatic heterocycles. The van der Waals surface area contributed by atoms with E-state index >= 15 is 0 Å². The van der Waals surface area contributed by atoms with Gasteiger partial charge in [-0.3, -0.25) is 15.0 Å². The average molecular weight is 409 g/mol. The van der Waals surface area contributed by atoms with E-state index in [4.69, 9.17) is 9.15 Å². The smallest absolute Gasteiger partial charge is 0.336 e. The largest absolute Gasteiger partial charge is 0.494 e. The summed E-state index contributed by atoms with van der Waals surface area (Å²) in [5.41, 5.74) is 2.20. The summed E-state index contributed by atoms with van der Waals surface area (Å²) in [6.45, 7) is 6.41. The third-order valence-corrected chi connectivity index (χ3v) is 5.30. The number of nitro groups is 1. The SMILES string of the molecule is CCOc1ccc2oc(=O)cc(CN3CCN(c4ccc([N+](=O)[O-])cc4)CC3)c2c1. The van der Waals surface area contributed by atoms with Crippen molar-refractivity contribution in [2.45, 2.75) is 13.5 Å². The van der Waals surface area contributed by atoms with Crippen molar-refractivity contribution in [3.63, 3.8) is 0 Å². The lowest BCUT2D eigenvalue weighted by Gasteiger charge is -2.36. The summed E-state index contributed by atoms with van der Waals surface area (Å²) in [5, 5.41) is 11.7. The molecular weight excluding hydrogens is 386 g/mol. The molecule has 8 heteroatoms. The van der Waals surface area contributed by atoms with Crippen molar-refractivity contribution in [2.75, 3.05) is 37.7 Å². The van der Waals surface area contributed by atoms with E-state index in [0.717, 1.165) is 48.6 Å². The van der Waals surface area contributed by atoms with Gasteiger partial charge in [-0.2, -0.15) is 0 Å². The van der Waals surface area contributed by atoms with Crippen LogP contribution in [0.25, 0.3) is 11.0 Å². The van der Waals surface area contributed by atoms with Gasteiger partial charge in [-0.25, -0.2) is 4.79 Å². The lowest BCUT2D eigenvalue weighted by molar-refractivity contribution is -0.384. The van der Waals surface area contributed by atoms with Gasteiger partial charge in [-0.15, -0.1) is 0 Å². The van der Waals surface area contributed by atoms with E-state index in [1.807, 2.05) is 19.1 Å². The first-order valence-corrected chi connectivity index (χ1v) is 9.95. The maximum Gasteiger partial charge on any atom is 0.336 e. The van der Waals surface area contributed by atoms with E-state index in [9.17, 15) is 14.9 Å². The number of anilines is 1. The minimum atomic E-state index is -0.389. The van der Waals surface area contributed by atoms with Crippen LogP contribution in [0.3, 0.4) is 0 Å². The molecule has 0 aliphatic carbocycles. The number of fused-ring (bicyclic) bond motifs is 1. The first-order chi connectivity index (χ1) is 14.5. The van der Waals surface area contributed by atoms with Crippen LogP contribution in [0.4, 0.5) is 11.4 Å². The minimum absolute atomic E-state index is 0.0959. The summed E-state index contributed by atoms with van der Waals surface area (Å²) in [5.74, 6) is 0.753. The summed E-state index contributed by atoms with van der Waals surface area (Å²) in [6, 6.07) is 13.7. The van der Waals surface area contributed by atoms with Gasteiger partial charge >= 0.3 is 5.63 Å². The second kappa shape index (κ2) is 8.54. The minimum Gasteiger partial charge on any atom is -0.494 e. The number of nitrogens with zero attached hydrogens (tertiary/aromatic N) is 3. The zero-order valence-electron chi connectivity index (χ0n) is 16.7. The maximum atomic E-state index is 12.0. The number of ether oxygens (including phenoxy) is 1. The Labute approximate surface area is 173 Å². The van der Waals surface area contributed by atoms with E-state index in [1.54, 1.807) is 24.3 Å². The van der Waals surface area contributed by atoms with E-state index in [2.05, 4.69) is 9.80 Å². The first kappa shape index (κ1) is 19.9. The molecule has 2 heterocycles. The van der Waals surface area contributed by atoms with Crippen molar-refractivity contribution < 1.29 is 14.1 Å². The van der Waals surface area contributed by atoms with Crippen LogP contribution in [-0.2, 0) is 6.54 Å². The van der Waals surface area contributed by atoms with Crippen molar-refractivity contribution in [3.05, 3.63) is 74.6 Å². The molecule has 0 atom stereocenters. The number of non-ortho nitro benzene ring substituents is 1. The number of hydrogen-bond acceptors (Lipinski definition) is 7. The molecule has 0 bridgehead atoms. The van der Waals surface area contributed by atoms with Crippen molar-refractivity contribution >= 4 is 22.3 Å². The average Bonchev–Trinajstić information content (AvgIpc) is 2.75. The van der Waals surface area contributed by atoms with Crippen LogP contribution in [0, 0.1) is 10.1 Å². The molecule has 156 valence electrons. The highest BCUT2D eigenvalue weighted by molar-refractivity contribution is 5.81. The number of hydrogen-bond donors (Lipinski definition) is 0. The topological polar surface area (TPSA) is 89.1 Å². The van der Waals surface area contributed by atoms with E-state index < -0.39 is 0 Å². The van der Waals surface area contributed by atoms with Crippen LogP contribution in [0.5, 0.6) is 5.75 Å². The van der Waals surface area contributed by atoms with Crippen LogP contribution in [0.15, 0.2) is 57.7 Å². The van der Waals surface area contributed by atoms with E-state index in [0.29, 0.717) is 18.7 Å². The maximum absolute atomic E-state index is 12.0. The zero-order chi connectivity index (χ0) is 21.1. The van der Waals surface area contributed by atoms with Gasteiger partial charge in [0.2, 0.25) is 0 Å². The summed E-state index contributed by atoms with van der Waals surface area (Å²) >= 11 is 0. The summed E-state index contributed by atoms with van der Waals surface area (Å²) in [7, 11) is 0. The molecule has 1 saturated heterocycles. The number of rotatable bonds is 6. The molecule has 2 aromatic carbocycles. The van der Waals surface area contributed by atoms with Gasteiger partial charge in [0, 0.05) is 62.0 Å². The summed E-state index contributed by atoms with van der Waals surface area (Å²) < 4.78 is 10.9. The summed E-state index contributed by atoms with van der Waals surface area (Å²) in [4.78, 5) is 26.9. The van der Waals surface area contributed by atoms with Gasteiger partial charge in [0.05, 0.1) is 11.5 Å². The molecule has 0 unspecified atom stereocenters. The van der Waals surface area contributed by atoms with Crippen LogP contribution in [-0.4, -0.2) is 42.6 Å². The fraction of sp³-hybridized carbons (Fsp3) is 0.318. The first-order valence-electron chi connectivity index (χ1n) is 9.95. The van der Waals surface area contributed by atoms with Gasteiger partial charge in [-0.1, -0.05) is 0 Å². The Hall–Kier alpha value is -3.39. The molecule has 8 nitrogen and oxygen atoms in total. The second-order valence-corrected chi connectivity index (χ2v) is 7.22. The standard InChI is InChI=1S/C22H23N3O5/c1-2-29-19-7-8-21-20(14-19)16(13-22(26)30-21)15-23-9-11-24(12-10-23)17-3-5-18(6-4-17)25(27)28/h3-8,13-14H,2,9-12,15H2,1H3. The molecule has 3 aromatic rings. The molecule has 1 fully saturated rings. The Bertz CT molecular complexity index is 1100. The van der Waals surface area contributed by atoms with Crippen LogP contribution >= 0.6 is 0 Å². The molecular formula is C22H23N3O5. The third-order valence-electron chi connectivity index (χ3n) is 5.30. The predicted octanol–water partition coefficient (Wildman–Crippen LogP) is 3.42. The molecule has 1 aromatic heterocycles. The zero-order valence-corrected chi connectivity index (χ0v) is 16.7. The fourth-order valence-electron chi connectivity index (χ4n) is 3.78. The van der Waals surface area contributed by atoms with Crippen LogP contribution in [0.1, 0.15) is 12.5 Å². The molecule has 0 spiro atoms. The van der Waals surface area contributed by atoms with Crippen LogP contribution < -0.4 is 15.3 Å². The highest BCUT2D eigenvalue weighted by Gasteiger charge is 2.19. The number of piperazine rings is 1. The van der Waals surface area contributed by atoms with Crippen LogP contribution in [0.2, 0.25) is 0 Å². The quantitative estimate of drug-likeness (QED) is 0.350. The Morgan fingerprint density at radius 1 is 1.07 bits per heavy atom. The molecule has 0 saturated carbocycles. The molecule has 4 rings (SSSR count). The Kier molecular flexibility index (Phi) is 5.67. The highest BCUT2D eigenvalue weighted by Crippen LogP contribution is 2.25. The number of nitro benzene ring substituents is 1. The second-order valence-electron chi connectivity index (χ2n) is 7.22. The molecule has 0 radical (unpaired) electrons. The Morgan fingerprint density at radius 3 is 2.47 bits per heavy atom. The van der Waals surface area contributed by atoms with E-state index in [-0.39, 0.29) is 16.2 Å². The van der Waals surface area contributed by atoms with Crippen molar-refractivity contribution in [1.82, 2.24) is 4.90 Å². The molecule has 30 heavy (non-hydrogen) atoms. The molecule has 1 aliphatic rings.